The molecule has 7 nitrogen and oxygen atoms in total. The highest BCUT2D eigenvalue weighted by atomic mass is 16.7. The molecule has 2 aromatic rings. The van der Waals surface area contributed by atoms with Gasteiger partial charge in [-0.2, -0.15) is 0 Å². The summed E-state index contributed by atoms with van der Waals surface area (Å²) in [6, 6.07) is 7.99. The maximum Gasteiger partial charge on any atom is 0.310 e. The molecule has 2 aromatic carbocycles. The van der Waals surface area contributed by atoms with E-state index in [-0.39, 0.29) is 28.4 Å². The molecule has 0 unspecified atom stereocenters. The Bertz CT molecular complexity index is 961. The lowest BCUT2D eigenvalue weighted by molar-refractivity contribution is -0.139. The SMILES string of the molecule is CO[C@H]1Oc2cc(C)cc(O)c2C(=O)c2cccc(OC=C[C@@H](C)C(=O)O)c21. The van der Waals surface area contributed by atoms with Crippen LogP contribution in [0.3, 0.4) is 0 Å². The third kappa shape index (κ3) is 3.57. The Morgan fingerprint density at radius 3 is 2.75 bits per heavy atom. The number of aromatic hydroxyl groups is 1. The number of ketones is 1. The van der Waals surface area contributed by atoms with Crippen molar-refractivity contribution in [1.82, 2.24) is 0 Å². The molecule has 0 bridgehead atoms. The fourth-order valence-electron chi connectivity index (χ4n) is 2.93. The second-order valence-electron chi connectivity index (χ2n) is 6.46. The lowest BCUT2D eigenvalue weighted by Crippen LogP contribution is -2.12. The van der Waals surface area contributed by atoms with Gasteiger partial charge in [-0.1, -0.05) is 12.1 Å². The normalized spacial score (nSPS) is 16.7. The average Bonchev–Trinajstić information content (AvgIpc) is 2.76. The smallest absolute Gasteiger partial charge is 0.310 e. The van der Waals surface area contributed by atoms with Gasteiger partial charge in [0.15, 0.2) is 0 Å². The minimum absolute atomic E-state index is 0.0543. The van der Waals surface area contributed by atoms with E-state index in [0.717, 1.165) is 5.56 Å². The number of carboxylic acids is 1. The molecule has 1 heterocycles. The van der Waals surface area contributed by atoms with Crippen LogP contribution >= 0.6 is 0 Å². The number of fused-ring (bicyclic) bond motifs is 2. The van der Waals surface area contributed by atoms with Crippen molar-refractivity contribution in [2.45, 2.75) is 20.1 Å². The molecule has 3 rings (SSSR count). The van der Waals surface area contributed by atoms with Gasteiger partial charge < -0.3 is 24.4 Å². The molecule has 0 saturated carbocycles. The van der Waals surface area contributed by atoms with Crippen LogP contribution in [0.2, 0.25) is 0 Å². The van der Waals surface area contributed by atoms with Crippen LogP contribution in [0.25, 0.3) is 0 Å². The van der Waals surface area contributed by atoms with E-state index in [1.165, 1.54) is 32.4 Å². The predicted molar refractivity (Wildman–Crippen MR) is 99.7 cm³/mol. The maximum atomic E-state index is 13.1. The highest BCUT2D eigenvalue weighted by molar-refractivity contribution is 6.14. The summed E-state index contributed by atoms with van der Waals surface area (Å²) in [6.07, 6.45) is 1.68. The molecule has 0 saturated heterocycles. The molecular formula is C21H20O7. The van der Waals surface area contributed by atoms with Crippen LogP contribution in [0.15, 0.2) is 42.7 Å². The molecule has 0 amide bonds. The zero-order chi connectivity index (χ0) is 20.4. The Morgan fingerprint density at radius 1 is 1.32 bits per heavy atom. The number of carboxylic acid groups (broad SMARTS) is 1. The number of carbonyl (C=O) groups is 2. The van der Waals surface area contributed by atoms with Crippen LogP contribution in [0, 0.1) is 12.8 Å². The van der Waals surface area contributed by atoms with Crippen molar-refractivity contribution in [2.75, 3.05) is 7.11 Å². The number of benzene rings is 2. The van der Waals surface area contributed by atoms with E-state index in [9.17, 15) is 14.7 Å². The summed E-state index contributed by atoms with van der Waals surface area (Å²) in [5.41, 5.74) is 1.41. The number of aryl methyl sites for hydroxylation is 1. The van der Waals surface area contributed by atoms with Crippen LogP contribution in [-0.4, -0.2) is 29.1 Å². The van der Waals surface area contributed by atoms with E-state index in [0.29, 0.717) is 5.56 Å². The first-order chi connectivity index (χ1) is 13.3. The molecule has 0 spiro atoms. The average molecular weight is 384 g/mol. The Morgan fingerprint density at radius 2 is 2.07 bits per heavy atom. The van der Waals surface area contributed by atoms with Gasteiger partial charge in [-0.25, -0.2) is 0 Å². The van der Waals surface area contributed by atoms with Gasteiger partial charge in [0.2, 0.25) is 12.1 Å². The van der Waals surface area contributed by atoms with Crippen LogP contribution < -0.4 is 9.47 Å². The van der Waals surface area contributed by atoms with Crippen molar-refractivity contribution >= 4 is 11.8 Å². The second kappa shape index (κ2) is 7.74. The summed E-state index contributed by atoms with van der Waals surface area (Å²) < 4.78 is 16.9. The molecule has 0 fully saturated rings. The Balaban J connectivity index is 2.08. The van der Waals surface area contributed by atoms with Gasteiger partial charge in [0, 0.05) is 12.7 Å². The summed E-state index contributed by atoms with van der Waals surface area (Å²) in [7, 11) is 1.43. The first kappa shape index (κ1) is 19.4. The van der Waals surface area contributed by atoms with E-state index >= 15 is 0 Å². The zero-order valence-electron chi connectivity index (χ0n) is 15.6. The number of hydrogen-bond donors (Lipinski definition) is 2. The highest BCUT2D eigenvalue weighted by Crippen LogP contribution is 2.42. The van der Waals surface area contributed by atoms with E-state index < -0.39 is 24.0 Å². The number of phenols is 1. The molecule has 2 atom stereocenters. The van der Waals surface area contributed by atoms with Gasteiger partial charge in [0.05, 0.1) is 17.7 Å². The monoisotopic (exact) mass is 384 g/mol. The molecule has 1 aliphatic heterocycles. The minimum atomic E-state index is -0.985. The topological polar surface area (TPSA) is 102 Å². The standard InChI is InChI=1S/C21H20O7/c1-11-9-14(22)18-16(10-11)28-21(26-3)17-13(19(18)23)5-4-6-15(17)27-8-7-12(2)20(24)25/h4-10,12,21-22H,1-3H3,(H,24,25)/t12-,21+/m1/s1. The molecule has 0 aromatic heterocycles. The number of rotatable bonds is 5. The first-order valence-electron chi connectivity index (χ1n) is 8.60. The largest absolute Gasteiger partial charge is 0.507 e. The molecule has 0 radical (unpaired) electrons. The fraction of sp³-hybridized carbons (Fsp3) is 0.238. The number of aliphatic carboxylic acids is 1. The quantitative estimate of drug-likeness (QED) is 0.760. The number of hydrogen-bond acceptors (Lipinski definition) is 6. The van der Waals surface area contributed by atoms with Crippen LogP contribution in [0.5, 0.6) is 17.2 Å². The third-order valence-electron chi connectivity index (χ3n) is 4.40. The number of ether oxygens (including phenoxy) is 3. The Kier molecular flexibility index (Phi) is 5.37. The Labute approximate surface area is 161 Å². The maximum absolute atomic E-state index is 13.1. The van der Waals surface area contributed by atoms with Crippen molar-refractivity contribution in [3.63, 3.8) is 0 Å². The predicted octanol–water partition coefficient (Wildman–Crippen LogP) is 3.58. The van der Waals surface area contributed by atoms with Crippen LogP contribution in [-0.2, 0) is 9.53 Å². The fourth-order valence-corrected chi connectivity index (χ4v) is 2.93. The summed E-state index contributed by atoms with van der Waals surface area (Å²) >= 11 is 0. The molecule has 2 N–H and O–H groups in total. The van der Waals surface area contributed by atoms with Crippen LogP contribution in [0.1, 0.15) is 40.3 Å². The second-order valence-corrected chi connectivity index (χ2v) is 6.46. The van der Waals surface area contributed by atoms with Gasteiger partial charge in [-0.05, 0) is 43.7 Å². The van der Waals surface area contributed by atoms with Crippen LogP contribution in [0.4, 0.5) is 0 Å². The molecule has 146 valence electrons. The molecule has 7 heteroatoms. The highest BCUT2D eigenvalue weighted by Gasteiger charge is 2.33. The lowest BCUT2D eigenvalue weighted by atomic mass is 9.96. The van der Waals surface area contributed by atoms with E-state index in [4.69, 9.17) is 19.3 Å². The van der Waals surface area contributed by atoms with Crippen molar-refractivity contribution in [3.8, 4) is 17.2 Å². The van der Waals surface area contributed by atoms with Gasteiger partial charge in [-0.15, -0.1) is 0 Å². The van der Waals surface area contributed by atoms with Gasteiger partial charge in [0.25, 0.3) is 0 Å². The summed E-state index contributed by atoms with van der Waals surface area (Å²) in [6.45, 7) is 3.29. The summed E-state index contributed by atoms with van der Waals surface area (Å²) in [5, 5.41) is 19.3. The van der Waals surface area contributed by atoms with Crippen molar-refractivity contribution in [2.24, 2.45) is 5.92 Å². The van der Waals surface area contributed by atoms with Gasteiger partial charge in [0.1, 0.15) is 22.8 Å². The van der Waals surface area contributed by atoms with E-state index in [2.05, 4.69) is 0 Å². The van der Waals surface area contributed by atoms with Crippen molar-refractivity contribution < 1.29 is 34.0 Å². The minimum Gasteiger partial charge on any atom is -0.507 e. The third-order valence-corrected chi connectivity index (χ3v) is 4.40. The number of carbonyl (C=O) groups excluding carboxylic acids is 1. The number of methoxy groups -OCH3 is 1. The molecular weight excluding hydrogens is 364 g/mol. The van der Waals surface area contributed by atoms with Crippen molar-refractivity contribution in [3.05, 3.63) is 64.9 Å². The first-order valence-corrected chi connectivity index (χ1v) is 8.60. The van der Waals surface area contributed by atoms with Crippen molar-refractivity contribution in [1.29, 1.82) is 0 Å². The van der Waals surface area contributed by atoms with Gasteiger partial charge >= 0.3 is 5.97 Å². The van der Waals surface area contributed by atoms with Gasteiger partial charge in [-0.3, -0.25) is 9.59 Å². The number of phenolic OH excluding ortho intramolecular Hbond substituents is 1. The molecule has 28 heavy (non-hydrogen) atoms. The lowest BCUT2D eigenvalue weighted by Gasteiger charge is -2.19. The summed E-state index contributed by atoms with van der Waals surface area (Å²) in [5.74, 6) is -1.81. The summed E-state index contributed by atoms with van der Waals surface area (Å²) in [4.78, 5) is 24.0. The van der Waals surface area contributed by atoms with E-state index in [1.807, 2.05) is 0 Å². The zero-order valence-corrected chi connectivity index (χ0v) is 15.6. The Hall–Kier alpha value is -3.32. The molecule has 1 aliphatic rings. The van der Waals surface area contributed by atoms with E-state index in [1.54, 1.807) is 31.2 Å². The molecule has 0 aliphatic carbocycles.